The molecule has 732 valence electrons. The topological polar surface area (TPSA) is 284 Å². The first-order chi connectivity index (χ1) is 64.6. The largest absolute Gasteiger partial charge is 0.239 e. The van der Waals surface area contributed by atoms with Crippen LogP contribution in [-0.2, 0) is 0 Å². The van der Waals surface area contributed by atoms with E-state index in [-0.39, 0.29) is 0 Å². The molecule has 0 atom stereocenters. The van der Waals surface area contributed by atoms with E-state index in [4.69, 9.17) is 19.9 Å². The first kappa shape index (κ1) is 111. The number of rotatable bonds is 6. The van der Waals surface area contributed by atoms with Crippen LogP contribution in [0.5, 0.6) is 0 Å². The summed E-state index contributed by atoms with van der Waals surface area (Å²) in [6.07, 6.45) is 0. The fourth-order valence-corrected chi connectivity index (χ4v) is 17.7. The number of benzene rings is 4. The predicted molar refractivity (Wildman–Crippen MR) is 575 cm³/mol. The van der Waals surface area contributed by atoms with Gasteiger partial charge in [0.05, 0.1) is 17.1 Å². The van der Waals surface area contributed by atoms with Gasteiger partial charge >= 0.3 is 0 Å². The Morgan fingerprint density at radius 3 is 0.576 bits per heavy atom. The maximum atomic E-state index is 4.90. The number of aryl methyl sites for hydroxylation is 29. The minimum absolute atomic E-state index is 0.621. The lowest BCUT2D eigenvalue weighted by Crippen LogP contribution is -2.07. The van der Waals surface area contributed by atoms with Crippen LogP contribution in [0, 0.1) is 353 Å². The molecule has 0 bridgehead atoms. The van der Waals surface area contributed by atoms with Crippen molar-refractivity contribution < 1.29 is 0 Å². The van der Waals surface area contributed by atoms with Crippen LogP contribution in [0.1, 0.15) is 288 Å². The van der Waals surface area contributed by atoms with Gasteiger partial charge in [0.1, 0.15) is 52.2 Å². The molecule has 0 saturated carbocycles. The molecule has 139 heavy (non-hydrogen) atoms. The molecule has 0 unspecified atom stereocenters. The van der Waals surface area contributed by atoms with E-state index < -0.39 is 0 Å². The fraction of sp³-hybridized carbons (Fsp3) is 0.436. The Hall–Kier alpha value is -13.0. The highest BCUT2D eigenvalue weighted by Crippen LogP contribution is 2.43. The Bertz CT molecular complexity index is 6790. The predicted octanol–water partition coefficient (Wildman–Crippen LogP) is 27.1. The van der Waals surface area contributed by atoms with Crippen LogP contribution in [0.3, 0.4) is 0 Å². The van der Waals surface area contributed by atoms with E-state index in [1.807, 2.05) is 186 Å². The smallest absolute Gasteiger partial charge is 0.179 e. The molecule has 0 aliphatic carbocycles. The van der Waals surface area contributed by atoms with E-state index in [9.17, 15) is 0 Å². The van der Waals surface area contributed by atoms with Crippen molar-refractivity contribution in [3.05, 3.63) is 294 Å². The Labute approximate surface area is 830 Å². The van der Waals surface area contributed by atoms with Crippen molar-refractivity contribution in [2.24, 2.45) is 0 Å². The molecule has 0 aliphatic heterocycles. The second-order valence-electron chi connectivity index (χ2n) is 38.2. The highest BCUT2D eigenvalue weighted by atomic mass is 15.0. The molecular weight excluding hydrogens is 1710 g/mol. The Balaban J connectivity index is 0.000000199. The Morgan fingerprint density at radius 1 is 0.115 bits per heavy atom. The van der Waals surface area contributed by atoms with Gasteiger partial charge in [-0.25, -0.2) is 110 Å². The standard InChI is InChI=1S/C24H30N2.C20H24N6.2C18H24N2.C13H16N4.3C8H12N2/c1-11-12(2)16(6)22-21(14(11)4)15(5)13(3)17(7)23(22)24-25-19(9)18(8)20(10)26-24;1-9-12(4)21-19(22-13(9)5)17-11(3)18(26-16(8)25-17)20-23-14(6)10(2)15(7)24-20;1-9-10(2)12(4)17(13(5)11(9)3)18-14(6)19-16(8)20-15(18)7;1-9-10(2)12(4)17(13(5)11(9)3)18-19-15(7)14(6)16(8)20-18;1-7-6-12(17-10(4)14-7)13-8(2)15-11(5)16-9(13)3;3*1-5-6(2)9-8(4)10-7(5)3/h1-10H3;1-8H3;2*1-8H3;6H,1-5H3;3*1-4H3. The molecule has 11 heterocycles. The number of nitrogens with zero attached hydrogens (tertiary/aromatic N) is 22. The summed E-state index contributed by atoms with van der Waals surface area (Å²) in [7, 11) is 0. The zero-order chi connectivity index (χ0) is 105. The Kier molecular flexibility index (Phi) is 36.6. The summed E-state index contributed by atoms with van der Waals surface area (Å²) in [6, 6.07) is 1.97. The summed E-state index contributed by atoms with van der Waals surface area (Å²) >= 11 is 0. The molecule has 22 heteroatoms. The summed E-state index contributed by atoms with van der Waals surface area (Å²) < 4.78 is 0. The van der Waals surface area contributed by atoms with Gasteiger partial charge in [-0.2, -0.15) is 0 Å². The third kappa shape index (κ3) is 25.0. The van der Waals surface area contributed by atoms with Gasteiger partial charge in [-0.05, 0) is 509 Å². The normalized spacial score (nSPS) is 10.8. The minimum atomic E-state index is 0.621. The van der Waals surface area contributed by atoms with Crippen LogP contribution in [0.25, 0.3) is 79.0 Å². The van der Waals surface area contributed by atoms with E-state index in [1.54, 1.807) is 0 Å². The average Bonchev–Trinajstić information content (AvgIpc) is 0.723. The van der Waals surface area contributed by atoms with E-state index >= 15 is 0 Å². The highest BCUT2D eigenvalue weighted by molar-refractivity contribution is 6.04. The summed E-state index contributed by atoms with van der Waals surface area (Å²) in [5, 5.41) is 2.71. The molecular formula is C117H154N22. The molecule has 0 amide bonds. The van der Waals surface area contributed by atoms with Crippen molar-refractivity contribution in [1.82, 2.24) is 110 Å². The Morgan fingerprint density at radius 2 is 0.302 bits per heavy atom. The van der Waals surface area contributed by atoms with Gasteiger partial charge in [-0.1, -0.05) is 0 Å². The van der Waals surface area contributed by atoms with E-state index in [1.165, 1.54) is 155 Å². The van der Waals surface area contributed by atoms with E-state index in [0.29, 0.717) is 17.5 Å². The molecule has 11 aromatic heterocycles. The average molecular weight is 1870 g/mol. The molecule has 0 aliphatic rings. The fourth-order valence-electron chi connectivity index (χ4n) is 17.7. The minimum Gasteiger partial charge on any atom is -0.239 e. The van der Waals surface area contributed by atoms with E-state index in [0.717, 1.165) is 194 Å². The first-order valence-electron chi connectivity index (χ1n) is 48.2. The lowest BCUT2D eigenvalue weighted by Gasteiger charge is -2.23. The second-order valence-corrected chi connectivity index (χ2v) is 38.2. The van der Waals surface area contributed by atoms with Crippen LogP contribution >= 0.6 is 0 Å². The summed E-state index contributed by atoms with van der Waals surface area (Å²) in [5.41, 5.74) is 60.1. The summed E-state index contributed by atoms with van der Waals surface area (Å²) in [4.78, 5) is 99.1. The van der Waals surface area contributed by atoms with Gasteiger partial charge in [-0.15, -0.1) is 0 Å². The van der Waals surface area contributed by atoms with Gasteiger partial charge in [0.15, 0.2) is 23.3 Å². The van der Waals surface area contributed by atoms with Crippen molar-refractivity contribution >= 4 is 10.8 Å². The number of hydrogen-bond acceptors (Lipinski definition) is 22. The van der Waals surface area contributed by atoms with Crippen LogP contribution in [0.2, 0.25) is 0 Å². The molecule has 0 fully saturated rings. The molecule has 4 aromatic carbocycles. The molecule has 0 spiro atoms. The van der Waals surface area contributed by atoms with Crippen LogP contribution < -0.4 is 0 Å². The van der Waals surface area contributed by atoms with Gasteiger partial charge in [0.25, 0.3) is 0 Å². The second kappa shape index (κ2) is 45.7. The molecule has 0 saturated heterocycles. The first-order valence-corrected chi connectivity index (χ1v) is 48.2. The highest BCUT2D eigenvalue weighted by Gasteiger charge is 2.26. The van der Waals surface area contributed by atoms with Crippen molar-refractivity contribution in [2.45, 2.75) is 353 Å². The summed E-state index contributed by atoms with van der Waals surface area (Å²) in [6.45, 7) is 106. The van der Waals surface area contributed by atoms with Crippen molar-refractivity contribution in [3.63, 3.8) is 0 Å². The molecule has 0 N–H and O–H groups in total. The zero-order valence-electron chi connectivity index (χ0n) is 93.9. The number of aromatic nitrogens is 22. The van der Waals surface area contributed by atoms with E-state index in [2.05, 4.69) is 263 Å². The maximum absolute atomic E-state index is 4.90. The van der Waals surface area contributed by atoms with Crippen LogP contribution in [0.4, 0.5) is 0 Å². The number of hydrogen-bond donors (Lipinski definition) is 0. The van der Waals surface area contributed by atoms with Crippen molar-refractivity contribution in [1.29, 1.82) is 0 Å². The monoisotopic (exact) mass is 1870 g/mol. The number of fused-ring (bicyclic) bond motifs is 1. The third-order valence-electron chi connectivity index (χ3n) is 28.9. The third-order valence-corrected chi connectivity index (χ3v) is 28.9. The SMILES string of the molecule is Cc1cc(-c2c(C)nc(C)nc2C)nc(C)n1.Cc1nc(-c2c(C)c(C)c(C)c(C)c2C)nc(C)c1C.Cc1nc(-c2c(C)c(C)c(C)c3c(C)c(C)c(C)c(C)c23)nc(C)c1C.Cc1nc(-c2nc(C)c(C)c(C)n2)c(C)c(-c2nc(C)c(C)c(C)n2)n1.Cc1nc(C)c(-c2c(C)c(C)c(C)c(C)c2C)c(C)n1.Cc1nc(C)c(C)c(C)n1.Cc1nc(C)c(C)c(C)n1.Cc1nc(C)c(C)c(C)n1. The molecule has 15 aromatic rings. The van der Waals surface area contributed by atoms with Crippen molar-refractivity contribution in [3.8, 4) is 68.2 Å². The maximum Gasteiger partial charge on any atom is 0.179 e. The van der Waals surface area contributed by atoms with Crippen LogP contribution in [0.15, 0.2) is 6.07 Å². The van der Waals surface area contributed by atoms with Crippen LogP contribution in [-0.4, -0.2) is 110 Å². The van der Waals surface area contributed by atoms with Gasteiger partial charge in [0.2, 0.25) is 0 Å². The molecule has 15 rings (SSSR count). The zero-order valence-corrected chi connectivity index (χ0v) is 93.9. The quantitative estimate of drug-likeness (QED) is 0.149. The van der Waals surface area contributed by atoms with Crippen molar-refractivity contribution in [2.75, 3.05) is 0 Å². The lowest BCUT2D eigenvalue weighted by atomic mass is 9.83. The van der Waals surface area contributed by atoms with Gasteiger partial charge in [0, 0.05) is 125 Å². The lowest BCUT2D eigenvalue weighted by molar-refractivity contribution is 0.948. The molecule has 22 nitrogen and oxygen atoms in total. The van der Waals surface area contributed by atoms with Gasteiger partial charge in [-0.3, -0.25) is 0 Å². The van der Waals surface area contributed by atoms with Gasteiger partial charge < -0.3 is 0 Å². The molecule has 0 radical (unpaired) electrons. The summed E-state index contributed by atoms with van der Waals surface area (Å²) in [5.74, 6) is 8.63.